The van der Waals surface area contributed by atoms with Gasteiger partial charge in [0.1, 0.15) is 11.6 Å². The molecule has 3 aromatic rings. The molecule has 3 amide bonds. The minimum Gasteiger partial charge on any atom is -0.381 e. The van der Waals surface area contributed by atoms with Gasteiger partial charge >= 0.3 is 0 Å². The first-order valence-corrected chi connectivity index (χ1v) is 18.8. The van der Waals surface area contributed by atoms with Crippen molar-refractivity contribution >= 4 is 44.4 Å². The molecule has 2 heterocycles. The van der Waals surface area contributed by atoms with Crippen molar-refractivity contribution in [2.45, 2.75) is 83.2 Å². The van der Waals surface area contributed by atoms with Crippen LogP contribution in [-0.2, 0) is 20.7 Å². The van der Waals surface area contributed by atoms with Crippen LogP contribution in [0.25, 0.3) is 10.8 Å². The van der Waals surface area contributed by atoms with Gasteiger partial charge in [0.15, 0.2) is 0 Å². The fourth-order valence-electron chi connectivity index (χ4n) is 7.80. The van der Waals surface area contributed by atoms with Crippen molar-refractivity contribution < 1.29 is 19.1 Å². The van der Waals surface area contributed by atoms with Crippen molar-refractivity contribution in [2.24, 2.45) is 10.8 Å². The Morgan fingerprint density at radius 2 is 1.51 bits per heavy atom. The fourth-order valence-corrected chi connectivity index (χ4v) is 8.18. The summed E-state index contributed by atoms with van der Waals surface area (Å²) in [5.74, 6) is -0.757. The number of halogens is 1. The van der Waals surface area contributed by atoms with Crippen LogP contribution in [0.1, 0.15) is 81.1 Å². The molecule has 0 radical (unpaired) electrons. The molecule has 262 valence electrons. The highest BCUT2D eigenvalue weighted by molar-refractivity contribution is 9.10. The van der Waals surface area contributed by atoms with Crippen LogP contribution in [0.15, 0.2) is 71.2 Å². The maximum absolute atomic E-state index is 14.2. The zero-order valence-electron chi connectivity index (χ0n) is 29.0. The largest absolute Gasteiger partial charge is 0.381 e. The van der Waals surface area contributed by atoms with Crippen LogP contribution >= 0.6 is 15.9 Å². The molecule has 1 aliphatic carbocycles. The molecular formula is C40H51BrN4O4. The summed E-state index contributed by atoms with van der Waals surface area (Å²) in [5.41, 5.74) is 0.707. The Bertz CT molecular complexity index is 1630. The van der Waals surface area contributed by atoms with E-state index in [-0.39, 0.29) is 23.1 Å². The van der Waals surface area contributed by atoms with Gasteiger partial charge in [-0.25, -0.2) is 0 Å². The molecule has 2 saturated heterocycles. The molecule has 3 aliphatic rings. The van der Waals surface area contributed by atoms with Crippen molar-refractivity contribution in [3.05, 3.63) is 82.3 Å². The highest BCUT2D eigenvalue weighted by Crippen LogP contribution is 2.36. The summed E-state index contributed by atoms with van der Waals surface area (Å²) in [6.45, 7) is 10.0. The van der Waals surface area contributed by atoms with E-state index in [1.54, 1.807) is 6.07 Å². The molecule has 6 rings (SSSR count). The van der Waals surface area contributed by atoms with Gasteiger partial charge in [-0.2, -0.15) is 0 Å². The Kier molecular flexibility index (Phi) is 11.1. The predicted octanol–water partition coefficient (Wildman–Crippen LogP) is 6.41. The number of amides is 3. The maximum atomic E-state index is 14.2. The highest BCUT2D eigenvalue weighted by Gasteiger charge is 2.44. The molecule has 8 nitrogen and oxygen atoms in total. The average Bonchev–Trinajstić information content (AvgIpc) is 3.58. The van der Waals surface area contributed by atoms with Gasteiger partial charge in [-0.3, -0.25) is 14.4 Å². The number of nitrogens with one attached hydrogen (secondary N) is 3. The van der Waals surface area contributed by atoms with E-state index in [2.05, 4.69) is 50.6 Å². The molecule has 3 fully saturated rings. The number of benzene rings is 3. The number of likely N-dealkylation sites (tertiary alicyclic amines) is 1. The summed E-state index contributed by atoms with van der Waals surface area (Å²) >= 11 is 3.51. The minimum atomic E-state index is -1.07. The highest BCUT2D eigenvalue weighted by atomic mass is 79.9. The lowest BCUT2D eigenvalue weighted by molar-refractivity contribution is -0.132. The number of carbonyl (C=O) groups excluding carboxylic acids is 3. The molecule has 1 atom stereocenters. The van der Waals surface area contributed by atoms with Gasteiger partial charge in [0.05, 0.1) is 0 Å². The van der Waals surface area contributed by atoms with E-state index in [4.69, 9.17) is 4.74 Å². The summed E-state index contributed by atoms with van der Waals surface area (Å²) in [6, 6.07) is 20.6. The van der Waals surface area contributed by atoms with Crippen molar-refractivity contribution in [3.63, 3.8) is 0 Å². The number of ether oxygens (including phenoxy) is 1. The Morgan fingerprint density at radius 3 is 2.22 bits per heavy atom. The van der Waals surface area contributed by atoms with Crippen molar-refractivity contribution in [1.82, 2.24) is 20.9 Å². The third-order valence-electron chi connectivity index (χ3n) is 11.3. The molecular weight excluding hydrogens is 680 g/mol. The van der Waals surface area contributed by atoms with Crippen LogP contribution in [0.3, 0.4) is 0 Å². The van der Waals surface area contributed by atoms with Crippen molar-refractivity contribution in [2.75, 3.05) is 39.4 Å². The normalized spacial score (nSPS) is 20.7. The number of rotatable bonds is 11. The van der Waals surface area contributed by atoms with Gasteiger partial charge in [0.2, 0.25) is 11.8 Å². The van der Waals surface area contributed by atoms with E-state index >= 15 is 0 Å². The quantitative estimate of drug-likeness (QED) is 0.212. The second-order valence-electron chi connectivity index (χ2n) is 15.4. The van der Waals surface area contributed by atoms with E-state index in [1.807, 2.05) is 60.7 Å². The average molecular weight is 732 g/mol. The van der Waals surface area contributed by atoms with E-state index < -0.39 is 11.6 Å². The van der Waals surface area contributed by atoms with Crippen LogP contribution in [0.5, 0.6) is 0 Å². The van der Waals surface area contributed by atoms with E-state index in [1.165, 1.54) is 0 Å². The zero-order chi connectivity index (χ0) is 34.5. The SMILES string of the molecule is CC1(CNC(=O)[C@@H](Cc2ccccc2)NC(=O)C2(NC(=O)c3ccc4cc(Br)ccc4c3)CCCC2)CCN(CC2(C)CCOCC2)CC1. The number of nitrogens with zero attached hydrogens (tertiary/aromatic N) is 1. The molecule has 0 unspecified atom stereocenters. The lowest BCUT2D eigenvalue weighted by atomic mass is 9.77. The molecule has 0 bridgehead atoms. The van der Waals surface area contributed by atoms with Gasteiger partial charge in [0.25, 0.3) is 5.91 Å². The standard InChI is InChI=1S/C40H51BrN4O4/c1-38(16-20-45(21-17-38)28-39(2)18-22-49-23-19-39)27-42-36(47)34(24-29-8-4-3-5-9-29)43-37(48)40(14-6-7-15-40)44-35(46)32-11-10-31-26-33(41)13-12-30(31)25-32/h3-5,8-13,25-26,34H,6-7,14-24,27-28H2,1-2H3,(H,42,47)(H,43,48)(H,44,46)/t34-/m1/s1. The minimum absolute atomic E-state index is 0.0133. The molecule has 0 spiro atoms. The topological polar surface area (TPSA) is 99.8 Å². The number of fused-ring (bicyclic) bond motifs is 1. The lowest BCUT2D eigenvalue weighted by Crippen LogP contribution is -2.61. The first-order valence-electron chi connectivity index (χ1n) is 18.0. The molecule has 3 aromatic carbocycles. The Balaban J connectivity index is 1.10. The van der Waals surface area contributed by atoms with Crippen LogP contribution < -0.4 is 16.0 Å². The van der Waals surface area contributed by atoms with Crippen LogP contribution in [0.2, 0.25) is 0 Å². The third kappa shape index (κ3) is 8.91. The summed E-state index contributed by atoms with van der Waals surface area (Å²) in [5, 5.41) is 11.4. The fraction of sp³-hybridized carbons (Fsp3) is 0.525. The van der Waals surface area contributed by atoms with Crippen molar-refractivity contribution in [1.29, 1.82) is 0 Å². The van der Waals surface area contributed by atoms with Gasteiger partial charge in [-0.1, -0.05) is 85.1 Å². The van der Waals surface area contributed by atoms with Gasteiger partial charge in [-0.15, -0.1) is 0 Å². The molecule has 2 aliphatic heterocycles. The third-order valence-corrected chi connectivity index (χ3v) is 11.8. The summed E-state index contributed by atoms with van der Waals surface area (Å²) < 4.78 is 6.58. The lowest BCUT2D eigenvalue weighted by Gasteiger charge is -2.44. The van der Waals surface area contributed by atoms with E-state index in [0.717, 1.165) is 92.2 Å². The zero-order valence-corrected chi connectivity index (χ0v) is 30.6. The molecule has 49 heavy (non-hydrogen) atoms. The molecule has 9 heteroatoms. The monoisotopic (exact) mass is 730 g/mol. The van der Waals surface area contributed by atoms with E-state index in [9.17, 15) is 14.4 Å². The van der Waals surface area contributed by atoms with Gasteiger partial charge < -0.3 is 25.6 Å². The summed E-state index contributed by atoms with van der Waals surface area (Å²) in [6.07, 6.45) is 7.34. The Labute approximate surface area is 299 Å². The number of piperidine rings is 1. The first kappa shape index (κ1) is 35.6. The summed E-state index contributed by atoms with van der Waals surface area (Å²) in [7, 11) is 0. The Hall–Kier alpha value is -3.27. The Morgan fingerprint density at radius 1 is 0.837 bits per heavy atom. The second kappa shape index (κ2) is 15.3. The molecule has 0 aromatic heterocycles. The first-order chi connectivity index (χ1) is 23.5. The smallest absolute Gasteiger partial charge is 0.252 e. The van der Waals surface area contributed by atoms with Crippen LogP contribution in [-0.4, -0.2) is 73.6 Å². The molecule has 1 saturated carbocycles. The number of carbonyl (C=O) groups is 3. The van der Waals surface area contributed by atoms with Gasteiger partial charge in [-0.05, 0) is 103 Å². The molecule has 3 N–H and O–H groups in total. The summed E-state index contributed by atoms with van der Waals surface area (Å²) in [4.78, 5) is 44.3. The number of hydrogen-bond donors (Lipinski definition) is 3. The van der Waals surface area contributed by atoms with Crippen molar-refractivity contribution in [3.8, 4) is 0 Å². The maximum Gasteiger partial charge on any atom is 0.252 e. The number of hydrogen-bond acceptors (Lipinski definition) is 5. The van der Waals surface area contributed by atoms with E-state index in [0.29, 0.717) is 36.8 Å². The van der Waals surface area contributed by atoms with Crippen LogP contribution in [0, 0.1) is 10.8 Å². The second-order valence-corrected chi connectivity index (χ2v) is 16.3. The predicted molar refractivity (Wildman–Crippen MR) is 197 cm³/mol. The van der Waals surface area contributed by atoms with Gasteiger partial charge in [0, 0.05) is 42.8 Å². The van der Waals surface area contributed by atoms with Crippen LogP contribution in [0.4, 0.5) is 0 Å².